The van der Waals surface area contributed by atoms with Gasteiger partial charge in [-0.1, -0.05) is 30.3 Å². The lowest BCUT2D eigenvalue weighted by Crippen LogP contribution is -2.66. The first-order valence-electron chi connectivity index (χ1n) is 14.0. The van der Waals surface area contributed by atoms with Gasteiger partial charge in [0, 0.05) is 57.3 Å². The van der Waals surface area contributed by atoms with Gasteiger partial charge in [-0.15, -0.1) is 0 Å². The van der Waals surface area contributed by atoms with Crippen LogP contribution in [0, 0.1) is 5.92 Å². The molecule has 11 nitrogen and oxygen atoms in total. The molecule has 3 aromatic rings. The normalized spacial score (nSPS) is 24.1. The Bertz CT molecular complexity index is 1300. The number of methoxy groups -OCH3 is 1. The predicted molar refractivity (Wildman–Crippen MR) is 152 cm³/mol. The summed E-state index contributed by atoms with van der Waals surface area (Å²) in [6, 6.07) is 14.0. The molecule has 0 bridgehead atoms. The van der Waals surface area contributed by atoms with Crippen LogP contribution >= 0.6 is 0 Å². The molecule has 3 aliphatic heterocycles. The number of benzene rings is 2. The van der Waals surface area contributed by atoms with E-state index in [9.17, 15) is 4.79 Å². The van der Waals surface area contributed by atoms with Crippen molar-refractivity contribution < 1.29 is 19.0 Å². The molecule has 2 aromatic carbocycles. The number of nitrogens with one attached hydrogen (secondary N) is 3. The SMILES string of the molecule is COc1cc2ncnc(N3CCN(C4NCC(Cc5ccccc5)C(=O)N4)CC3)c2cc1OCC1CNCCO1. The van der Waals surface area contributed by atoms with Crippen molar-refractivity contribution >= 4 is 22.6 Å². The lowest BCUT2D eigenvalue weighted by molar-refractivity contribution is -0.130. The molecule has 0 radical (unpaired) electrons. The highest BCUT2D eigenvalue weighted by molar-refractivity contribution is 5.92. The molecule has 212 valence electrons. The number of morpholine rings is 1. The van der Waals surface area contributed by atoms with Gasteiger partial charge < -0.3 is 29.7 Å². The Labute approximate surface area is 234 Å². The molecule has 1 amide bonds. The van der Waals surface area contributed by atoms with Crippen LogP contribution in [0.4, 0.5) is 5.82 Å². The van der Waals surface area contributed by atoms with Crippen LogP contribution in [-0.4, -0.2) is 99.3 Å². The third-order valence-electron chi connectivity index (χ3n) is 7.84. The van der Waals surface area contributed by atoms with Crippen LogP contribution in [0.5, 0.6) is 11.5 Å². The van der Waals surface area contributed by atoms with Gasteiger partial charge in [0.15, 0.2) is 11.5 Å². The summed E-state index contributed by atoms with van der Waals surface area (Å²) in [7, 11) is 1.63. The van der Waals surface area contributed by atoms with Crippen LogP contribution in [0.25, 0.3) is 10.9 Å². The molecule has 3 aliphatic rings. The van der Waals surface area contributed by atoms with E-state index >= 15 is 0 Å². The molecule has 0 aliphatic carbocycles. The van der Waals surface area contributed by atoms with Crippen LogP contribution in [0.1, 0.15) is 5.56 Å². The number of carbonyl (C=O) groups is 1. The number of rotatable bonds is 8. The summed E-state index contributed by atoms with van der Waals surface area (Å²) in [6.07, 6.45) is 2.17. The first kappa shape index (κ1) is 26.7. The molecule has 40 heavy (non-hydrogen) atoms. The highest BCUT2D eigenvalue weighted by Gasteiger charge is 2.33. The fraction of sp³-hybridized carbons (Fsp3) is 0.483. The maximum absolute atomic E-state index is 12.9. The molecule has 3 saturated heterocycles. The number of amides is 1. The van der Waals surface area contributed by atoms with Crippen LogP contribution < -0.4 is 30.3 Å². The van der Waals surface area contributed by atoms with Gasteiger partial charge in [0.1, 0.15) is 31.1 Å². The maximum Gasteiger partial charge on any atom is 0.226 e. The Morgan fingerprint density at radius 2 is 1.90 bits per heavy atom. The van der Waals surface area contributed by atoms with Gasteiger partial charge in [-0.3, -0.25) is 15.0 Å². The minimum atomic E-state index is -0.162. The van der Waals surface area contributed by atoms with Crippen LogP contribution in [0.3, 0.4) is 0 Å². The topological polar surface area (TPSA) is 113 Å². The Balaban J connectivity index is 1.09. The molecule has 6 rings (SSSR count). The lowest BCUT2D eigenvalue weighted by atomic mass is 9.97. The maximum atomic E-state index is 12.9. The molecule has 4 heterocycles. The standard InChI is InChI=1S/C29H37N7O4/c1-38-25-15-24-23(14-26(25)40-18-22-17-30-7-12-39-22)27(33-19-32-24)35-8-10-36(11-9-35)29-31-16-21(28(37)34-29)13-20-5-3-2-4-6-20/h2-6,14-15,19,21-22,29-31H,7-13,16-18H2,1H3,(H,34,37). The largest absolute Gasteiger partial charge is 0.493 e. The predicted octanol–water partition coefficient (Wildman–Crippen LogP) is 0.990. The third kappa shape index (κ3) is 5.97. The van der Waals surface area contributed by atoms with Crippen molar-refractivity contribution in [2.75, 3.05) is 71.0 Å². The summed E-state index contributed by atoms with van der Waals surface area (Å²) in [5.41, 5.74) is 1.98. The second kappa shape index (κ2) is 12.3. The first-order chi connectivity index (χ1) is 19.7. The quantitative estimate of drug-likeness (QED) is 0.377. The van der Waals surface area contributed by atoms with Gasteiger partial charge in [-0.25, -0.2) is 9.97 Å². The summed E-state index contributed by atoms with van der Waals surface area (Å²) in [5, 5.41) is 11.0. The Kier molecular flexibility index (Phi) is 8.24. The summed E-state index contributed by atoms with van der Waals surface area (Å²) >= 11 is 0. The third-order valence-corrected chi connectivity index (χ3v) is 7.84. The molecule has 3 atom stereocenters. The summed E-state index contributed by atoms with van der Waals surface area (Å²) in [6.45, 7) is 6.53. The van der Waals surface area contributed by atoms with E-state index in [0.29, 0.717) is 31.3 Å². The van der Waals surface area contributed by atoms with E-state index in [-0.39, 0.29) is 24.2 Å². The number of hydrogen-bond acceptors (Lipinski definition) is 10. The zero-order chi connectivity index (χ0) is 27.3. The van der Waals surface area contributed by atoms with E-state index in [2.05, 4.69) is 47.9 Å². The van der Waals surface area contributed by atoms with Crippen molar-refractivity contribution in [2.24, 2.45) is 5.92 Å². The first-order valence-corrected chi connectivity index (χ1v) is 14.0. The van der Waals surface area contributed by atoms with E-state index in [1.54, 1.807) is 13.4 Å². The smallest absolute Gasteiger partial charge is 0.226 e. The summed E-state index contributed by atoms with van der Waals surface area (Å²) < 4.78 is 17.5. The van der Waals surface area contributed by atoms with Gasteiger partial charge in [0.2, 0.25) is 5.91 Å². The van der Waals surface area contributed by atoms with Crippen LogP contribution in [0.15, 0.2) is 48.8 Å². The second-order valence-corrected chi connectivity index (χ2v) is 10.5. The number of ether oxygens (including phenoxy) is 3. The number of aromatic nitrogens is 2. The molecule has 3 unspecified atom stereocenters. The van der Waals surface area contributed by atoms with Gasteiger partial charge in [-0.05, 0) is 18.1 Å². The molecular weight excluding hydrogens is 510 g/mol. The van der Waals surface area contributed by atoms with E-state index < -0.39 is 0 Å². The van der Waals surface area contributed by atoms with Crippen molar-refractivity contribution in [1.82, 2.24) is 30.8 Å². The average molecular weight is 548 g/mol. The van der Waals surface area contributed by atoms with E-state index in [0.717, 1.165) is 62.4 Å². The number of fused-ring (bicyclic) bond motifs is 1. The van der Waals surface area contributed by atoms with Gasteiger partial charge in [0.05, 0.1) is 25.2 Å². The van der Waals surface area contributed by atoms with Crippen molar-refractivity contribution in [2.45, 2.75) is 18.8 Å². The van der Waals surface area contributed by atoms with E-state index in [1.807, 2.05) is 30.3 Å². The van der Waals surface area contributed by atoms with Crippen molar-refractivity contribution in [1.29, 1.82) is 0 Å². The molecule has 11 heteroatoms. The molecular formula is C29H37N7O4. The highest BCUT2D eigenvalue weighted by atomic mass is 16.5. The molecule has 0 spiro atoms. The zero-order valence-electron chi connectivity index (χ0n) is 22.8. The average Bonchev–Trinajstić information content (AvgIpc) is 3.01. The Morgan fingerprint density at radius 3 is 2.65 bits per heavy atom. The van der Waals surface area contributed by atoms with Gasteiger partial charge >= 0.3 is 0 Å². The van der Waals surface area contributed by atoms with Crippen molar-refractivity contribution in [3.8, 4) is 11.5 Å². The number of anilines is 1. The highest BCUT2D eigenvalue weighted by Crippen LogP contribution is 2.35. The summed E-state index contributed by atoms with van der Waals surface area (Å²) in [5.74, 6) is 2.19. The van der Waals surface area contributed by atoms with Gasteiger partial charge in [-0.2, -0.15) is 0 Å². The number of hydrogen-bond donors (Lipinski definition) is 3. The number of piperazine rings is 1. The van der Waals surface area contributed by atoms with Crippen LogP contribution in [-0.2, 0) is 16.0 Å². The second-order valence-electron chi connectivity index (χ2n) is 10.5. The monoisotopic (exact) mass is 547 g/mol. The molecule has 0 saturated carbocycles. The minimum absolute atomic E-state index is 0.00349. The molecule has 1 aromatic heterocycles. The Hall–Kier alpha value is -3.51. The van der Waals surface area contributed by atoms with E-state index in [4.69, 9.17) is 14.2 Å². The summed E-state index contributed by atoms with van der Waals surface area (Å²) in [4.78, 5) is 26.6. The lowest BCUT2D eigenvalue weighted by Gasteiger charge is -2.42. The van der Waals surface area contributed by atoms with E-state index in [1.165, 1.54) is 5.56 Å². The fourth-order valence-electron chi connectivity index (χ4n) is 5.61. The molecule has 3 N–H and O–H groups in total. The minimum Gasteiger partial charge on any atom is -0.493 e. The fourth-order valence-corrected chi connectivity index (χ4v) is 5.61. The van der Waals surface area contributed by atoms with Crippen molar-refractivity contribution in [3.05, 3.63) is 54.4 Å². The Morgan fingerprint density at radius 1 is 1.05 bits per heavy atom. The van der Waals surface area contributed by atoms with Crippen LogP contribution in [0.2, 0.25) is 0 Å². The van der Waals surface area contributed by atoms with Crippen molar-refractivity contribution in [3.63, 3.8) is 0 Å². The number of nitrogens with zero attached hydrogens (tertiary/aromatic N) is 4. The number of carbonyl (C=O) groups excluding carboxylic acids is 1. The molecule has 3 fully saturated rings. The van der Waals surface area contributed by atoms with Gasteiger partial charge in [0.25, 0.3) is 0 Å². The zero-order valence-corrected chi connectivity index (χ0v) is 22.8.